The lowest BCUT2D eigenvalue weighted by Crippen LogP contribution is -2.45. The first-order valence-corrected chi connectivity index (χ1v) is 25.4. The third-order valence-corrected chi connectivity index (χ3v) is 11.6. The maximum Gasteiger partial charge on any atom is 0.220 e. The second-order valence-electron chi connectivity index (χ2n) is 17.2. The second kappa shape index (κ2) is 48.7. The lowest BCUT2D eigenvalue weighted by molar-refractivity contribution is -0.123. The van der Waals surface area contributed by atoms with E-state index in [-0.39, 0.29) is 12.5 Å². The molecule has 0 aromatic carbocycles. The van der Waals surface area contributed by atoms with E-state index in [1.165, 1.54) is 205 Å². The summed E-state index contributed by atoms with van der Waals surface area (Å²) in [6.07, 6.45) is 66.7. The number of allylic oxidation sites excluding steroid dienone is 7. The Kier molecular flexibility index (Phi) is 47.3. The zero-order chi connectivity index (χ0) is 41.4. The van der Waals surface area contributed by atoms with Crippen molar-refractivity contribution in [2.45, 2.75) is 276 Å². The van der Waals surface area contributed by atoms with E-state index in [4.69, 9.17) is 0 Å². The van der Waals surface area contributed by atoms with E-state index in [0.717, 1.165) is 38.5 Å². The molecule has 0 aliphatic heterocycles. The highest BCUT2D eigenvalue weighted by Crippen LogP contribution is 2.16. The van der Waals surface area contributed by atoms with Gasteiger partial charge in [0, 0.05) is 6.42 Å². The Labute approximate surface area is 356 Å². The first-order chi connectivity index (χ1) is 28.2. The van der Waals surface area contributed by atoms with Gasteiger partial charge in [0.05, 0.1) is 18.8 Å². The molecule has 0 rings (SSSR count). The summed E-state index contributed by atoms with van der Waals surface area (Å²) in [5.41, 5.74) is 0. The summed E-state index contributed by atoms with van der Waals surface area (Å²) < 4.78 is 0. The molecule has 57 heavy (non-hydrogen) atoms. The number of unbranched alkanes of at least 4 members (excludes halogenated alkanes) is 33. The minimum Gasteiger partial charge on any atom is -0.394 e. The van der Waals surface area contributed by atoms with Crippen molar-refractivity contribution < 1.29 is 15.0 Å². The van der Waals surface area contributed by atoms with Crippen molar-refractivity contribution in [3.63, 3.8) is 0 Å². The number of hydrogen-bond donors (Lipinski definition) is 3. The summed E-state index contributed by atoms with van der Waals surface area (Å²) in [4.78, 5) is 12.4. The van der Waals surface area contributed by atoms with E-state index in [2.05, 4.69) is 55.6 Å². The van der Waals surface area contributed by atoms with Crippen molar-refractivity contribution >= 4 is 5.91 Å². The van der Waals surface area contributed by atoms with E-state index in [9.17, 15) is 15.0 Å². The summed E-state index contributed by atoms with van der Waals surface area (Å²) in [5.74, 6) is -0.0699. The van der Waals surface area contributed by atoms with Gasteiger partial charge in [-0.15, -0.1) is 0 Å². The quantitative estimate of drug-likeness (QED) is 0.0424. The summed E-state index contributed by atoms with van der Waals surface area (Å²) >= 11 is 0. The standard InChI is InChI=1S/C53H99NO3/c1-3-5-7-9-11-13-15-17-19-21-23-25-27-29-31-33-35-37-39-41-43-45-47-49-53(57)54-51(50-55)52(56)48-46-44-42-40-38-36-34-32-30-28-26-24-22-20-18-16-14-12-10-8-6-4-2/h15,17,21,23,27,29,46,48,51-52,55-56H,3-14,16,18-20,22,24-26,28,30-45,47,49-50H2,1-2H3,(H,54,57)/b17-15-,23-21-,29-27-,48-46+. The number of aliphatic hydroxyl groups excluding tert-OH is 2. The minimum absolute atomic E-state index is 0.0699. The highest BCUT2D eigenvalue weighted by molar-refractivity contribution is 5.76. The molecule has 0 saturated heterocycles. The predicted molar refractivity (Wildman–Crippen MR) is 253 cm³/mol. The average Bonchev–Trinajstić information content (AvgIpc) is 3.22. The first kappa shape index (κ1) is 55.4. The molecule has 0 radical (unpaired) electrons. The Balaban J connectivity index is 3.56. The van der Waals surface area contributed by atoms with Crippen LogP contribution in [-0.2, 0) is 4.79 Å². The summed E-state index contributed by atoms with van der Waals surface area (Å²) in [6.45, 7) is 4.31. The zero-order valence-corrected chi connectivity index (χ0v) is 38.4. The van der Waals surface area contributed by atoms with Crippen LogP contribution in [0.15, 0.2) is 48.6 Å². The molecular weight excluding hydrogens is 699 g/mol. The number of nitrogens with one attached hydrogen (secondary N) is 1. The smallest absolute Gasteiger partial charge is 0.220 e. The van der Waals surface area contributed by atoms with Crippen LogP contribution in [0.2, 0.25) is 0 Å². The fourth-order valence-corrected chi connectivity index (χ4v) is 7.66. The van der Waals surface area contributed by atoms with Crippen LogP contribution in [-0.4, -0.2) is 34.9 Å². The number of aliphatic hydroxyl groups is 2. The number of hydrogen-bond acceptors (Lipinski definition) is 3. The number of rotatable bonds is 46. The highest BCUT2D eigenvalue weighted by atomic mass is 16.3. The molecule has 0 saturated carbocycles. The Morgan fingerprint density at radius 2 is 0.719 bits per heavy atom. The molecule has 0 spiro atoms. The molecule has 1 amide bonds. The monoisotopic (exact) mass is 798 g/mol. The Bertz CT molecular complexity index is 908. The number of carbonyl (C=O) groups is 1. The van der Waals surface area contributed by atoms with Crippen LogP contribution in [0, 0.1) is 0 Å². The normalized spacial score (nSPS) is 13.3. The molecule has 2 unspecified atom stereocenters. The third-order valence-electron chi connectivity index (χ3n) is 11.6. The van der Waals surface area contributed by atoms with Gasteiger partial charge in [0.2, 0.25) is 5.91 Å². The van der Waals surface area contributed by atoms with Gasteiger partial charge in [0.25, 0.3) is 0 Å². The average molecular weight is 798 g/mol. The van der Waals surface area contributed by atoms with Crippen LogP contribution in [0.3, 0.4) is 0 Å². The van der Waals surface area contributed by atoms with E-state index in [1.807, 2.05) is 6.08 Å². The van der Waals surface area contributed by atoms with Crippen LogP contribution in [0.25, 0.3) is 0 Å². The van der Waals surface area contributed by atoms with Crippen LogP contribution in [0.5, 0.6) is 0 Å². The molecule has 0 bridgehead atoms. The lowest BCUT2D eigenvalue weighted by Gasteiger charge is -2.20. The van der Waals surface area contributed by atoms with Crippen LogP contribution in [0.4, 0.5) is 0 Å². The van der Waals surface area contributed by atoms with Crippen molar-refractivity contribution in [2.75, 3.05) is 6.61 Å². The van der Waals surface area contributed by atoms with E-state index < -0.39 is 12.1 Å². The minimum atomic E-state index is -0.844. The Morgan fingerprint density at radius 3 is 1.07 bits per heavy atom. The lowest BCUT2D eigenvalue weighted by atomic mass is 10.0. The molecule has 2 atom stereocenters. The highest BCUT2D eigenvalue weighted by Gasteiger charge is 2.18. The predicted octanol–water partition coefficient (Wildman–Crippen LogP) is 16.3. The van der Waals surface area contributed by atoms with Gasteiger partial charge in [-0.2, -0.15) is 0 Å². The van der Waals surface area contributed by atoms with Crippen molar-refractivity contribution in [2.24, 2.45) is 0 Å². The van der Waals surface area contributed by atoms with Gasteiger partial charge in [0.15, 0.2) is 0 Å². The summed E-state index contributed by atoms with van der Waals surface area (Å²) in [5, 5.41) is 23.1. The zero-order valence-electron chi connectivity index (χ0n) is 38.4. The maximum absolute atomic E-state index is 12.4. The molecule has 0 heterocycles. The second-order valence-corrected chi connectivity index (χ2v) is 17.2. The number of amides is 1. The Morgan fingerprint density at radius 1 is 0.421 bits per heavy atom. The SMILES string of the molecule is CCCCCCC/C=C\C/C=C\C/C=C\CCCCCCCCCCC(=O)NC(CO)C(O)/C=C/CCCCCCCCCCCCCCCCCCCCCC. The van der Waals surface area contributed by atoms with Gasteiger partial charge in [-0.3, -0.25) is 4.79 Å². The van der Waals surface area contributed by atoms with E-state index >= 15 is 0 Å². The molecule has 334 valence electrons. The van der Waals surface area contributed by atoms with E-state index in [0.29, 0.717) is 6.42 Å². The Hall–Kier alpha value is -1.65. The molecule has 4 heteroatoms. The maximum atomic E-state index is 12.4. The molecule has 4 nitrogen and oxygen atoms in total. The summed E-state index contributed by atoms with van der Waals surface area (Å²) in [7, 11) is 0. The summed E-state index contributed by atoms with van der Waals surface area (Å²) in [6, 6.07) is -0.628. The molecule has 0 aromatic rings. The van der Waals surface area contributed by atoms with Crippen molar-refractivity contribution in [3.05, 3.63) is 48.6 Å². The van der Waals surface area contributed by atoms with Crippen molar-refractivity contribution in [1.82, 2.24) is 5.32 Å². The van der Waals surface area contributed by atoms with Gasteiger partial charge >= 0.3 is 0 Å². The van der Waals surface area contributed by atoms with Gasteiger partial charge in [-0.25, -0.2) is 0 Å². The fraction of sp³-hybridized carbons (Fsp3) is 0.830. The van der Waals surface area contributed by atoms with Gasteiger partial charge in [-0.05, 0) is 57.8 Å². The van der Waals surface area contributed by atoms with E-state index in [1.54, 1.807) is 6.08 Å². The van der Waals surface area contributed by atoms with Crippen LogP contribution < -0.4 is 5.32 Å². The first-order valence-electron chi connectivity index (χ1n) is 25.4. The van der Waals surface area contributed by atoms with Crippen LogP contribution >= 0.6 is 0 Å². The molecule has 0 aliphatic carbocycles. The third kappa shape index (κ3) is 45.3. The van der Waals surface area contributed by atoms with Crippen molar-refractivity contribution in [1.29, 1.82) is 0 Å². The van der Waals surface area contributed by atoms with Gasteiger partial charge in [0.1, 0.15) is 0 Å². The molecule has 0 aliphatic rings. The van der Waals surface area contributed by atoms with Crippen molar-refractivity contribution in [3.8, 4) is 0 Å². The van der Waals surface area contributed by atoms with Gasteiger partial charge in [-0.1, -0.05) is 249 Å². The number of carbonyl (C=O) groups excluding carboxylic acids is 1. The molecular formula is C53H99NO3. The van der Waals surface area contributed by atoms with Crippen LogP contribution in [0.1, 0.15) is 264 Å². The largest absolute Gasteiger partial charge is 0.394 e. The molecule has 0 aromatic heterocycles. The topological polar surface area (TPSA) is 69.6 Å². The fourth-order valence-electron chi connectivity index (χ4n) is 7.66. The molecule has 0 fully saturated rings. The molecule has 3 N–H and O–H groups in total. The van der Waals surface area contributed by atoms with Gasteiger partial charge < -0.3 is 15.5 Å².